The first-order valence-electron chi connectivity index (χ1n) is 7.79. The number of benzene rings is 1. The summed E-state index contributed by atoms with van der Waals surface area (Å²) in [5.41, 5.74) is 2.83. The molecule has 112 valence electrons. The Morgan fingerprint density at radius 2 is 2.24 bits per heavy atom. The van der Waals surface area contributed by atoms with E-state index < -0.39 is 0 Å². The first-order chi connectivity index (χ1) is 10.3. The monoisotopic (exact) mass is 301 g/mol. The maximum atomic E-state index is 4.40. The third kappa shape index (κ3) is 3.33. The summed E-state index contributed by atoms with van der Waals surface area (Å²) in [5.74, 6) is 0. The normalized spacial score (nSPS) is 18.7. The van der Waals surface area contributed by atoms with E-state index in [9.17, 15) is 0 Å². The fourth-order valence-electron chi connectivity index (χ4n) is 2.97. The molecule has 1 N–H and O–H groups in total. The van der Waals surface area contributed by atoms with Gasteiger partial charge in [0.1, 0.15) is 0 Å². The molecule has 3 rings (SSSR count). The summed E-state index contributed by atoms with van der Waals surface area (Å²) in [4.78, 5) is 1.45. The number of rotatable bonds is 6. The Kier molecular flexibility index (Phi) is 4.66. The van der Waals surface area contributed by atoms with E-state index in [-0.39, 0.29) is 0 Å². The average Bonchev–Trinajstić information content (AvgIpc) is 3.12. The molecule has 4 heteroatoms. The quantitative estimate of drug-likeness (QED) is 0.889. The van der Waals surface area contributed by atoms with Crippen molar-refractivity contribution in [3.8, 4) is 0 Å². The van der Waals surface area contributed by atoms with E-state index in [0.29, 0.717) is 11.3 Å². The SMILES string of the molecule is CCNC(Cc1cnn(CC)c1)C1Cc2ccccc2S1. The van der Waals surface area contributed by atoms with Gasteiger partial charge in [0, 0.05) is 28.9 Å². The molecule has 1 aromatic carbocycles. The average molecular weight is 301 g/mol. The van der Waals surface area contributed by atoms with Gasteiger partial charge in [-0.3, -0.25) is 4.68 Å². The van der Waals surface area contributed by atoms with Crippen molar-refractivity contribution in [3.05, 3.63) is 47.8 Å². The third-order valence-electron chi connectivity index (χ3n) is 4.05. The topological polar surface area (TPSA) is 29.9 Å². The van der Waals surface area contributed by atoms with Crippen LogP contribution in [0.3, 0.4) is 0 Å². The lowest BCUT2D eigenvalue weighted by Gasteiger charge is -2.23. The number of aryl methyl sites for hydroxylation is 1. The van der Waals surface area contributed by atoms with E-state index in [2.05, 4.69) is 54.7 Å². The lowest BCUT2D eigenvalue weighted by molar-refractivity contribution is 0.505. The molecule has 0 radical (unpaired) electrons. The van der Waals surface area contributed by atoms with Gasteiger partial charge >= 0.3 is 0 Å². The van der Waals surface area contributed by atoms with Gasteiger partial charge in [-0.25, -0.2) is 0 Å². The fraction of sp³-hybridized carbons (Fsp3) is 0.471. The zero-order chi connectivity index (χ0) is 14.7. The molecule has 0 bridgehead atoms. The number of hydrogen-bond acceptors (Lipinski definition) is 3. The van der Waals surface area contributed by atoms with Crippen LogP contribution in [0.1, 0.15) is 25.0 Å². The lowest BCUT2D eigenvalue weighted by Crippen LogP contribution is -2.39. The third-order valence-corrected chi connectivity index (χ3v) is 5.50. The molecule has 0 aliphatic carbocycles. The first kappa shape index (κ1) is 14.7. The molecular formula is C17H23N3S. The van der Waals surface area contributed by atoms with Gasteiger partial charge in [0.25, 0.3) is 0 Å². The molecule has 0 spiro atoms. The van der Waals surface area contributed by atoms with Gasteiger partial charge in [-0.15, -0.1) is 11.8 Å². The summed E-state index contributed by atoms with van der Waals surface area (Å²) in [6.07, 6.45) is 6.41. The van der Waals surface area contributed by atoms with Crippen molar-refractivity contribution in [1.29, 1.82) is 0 Å². The molecule has 1 aliphatic rings. The van der Waals surface area contributed by atoms with E-state index in [4.69, 9.17) is 0 Å². The first-order valence-corrected chi connectivity index (χ1v) is 8.67. The number of nitrogens with zero attached hydrogens (tertiary/aromatic N) is 2. The maximum absolute atomic E-state index is 4.40. The molecule has 21 heavy (non-hydrogen) atoms. The Hall–Kier alpha value is -1.26. The highest BCUT2D eigenvalue weighted by Gasteiger charge is 2.29. The van der Waals surface area contributed by atoms with Crippen LogP contribution in [0, 0.1) is 0 Å². The van der Waals surface area contributed by atoms with Crippen LogP contribution in [0.15, 0.2) is 41.6 Å². The minimum absolute atomic E-state index is 0.502. The van der Waals surface area contributed by atoms with Crippen LogP contribution in [0.4, 0.5) is 0 Å². The molecule has 0 fully saturated rings. The second-order valence-electron chi connectivity index (χ2n) is 5.54. The maximum Gasteiger partial charge on any atom is 0.0522 e. The van der Waals surface area contributed by atoms with Crippen LogP contribution < -0.4 is 5.32 Å². The molecular weight excluding hydrogens is 278 g/mol. The van der Waals surface area contributed by atoms with Gasteiger partial charge in [0.2, 0.25) is 0 Å². The molecule has 1 aliphatic heterocycles. The highest BCUT2D eigenvalue weighted by Crippen LogP contribution is 2.38. The molecule has 1 aromatic heterocycles. The number of nitrogens with one attached hydrogen (secondary N) is 1. The molecule has 2 aromatic rings. The van der Waals surface area contributed by atoms with Crippen LogP contribution in [0.25, 0.3) is 0 Å². The molecule has 0 saturated carbocycles. The summed E-state index contributed by atoms with van der Waals surface area (Å²) in [6.45, 7) is 6.27. The highest BCUT2D eigenvalue weighted by molar-refractivity contribution is 8.00. The molecule has 2 unspecified atom stereocenters. The lowest BCUT2D eigenvalue weighted by atomic mass is 10.0. The van der Waals surface area contributed by atoms with Crippen molar-refractivity contribution >= 4 is 11.8 Å². The van der Waals surface area contributed by atoms with Crippen molar-refractivity contribution in [3.63, 3.8) is 0 Å². The number of aromatic nitrogens is 2. The van der Waals surface area contributed by atoms with Crippen LogP contribution in [0.5, 0.6) is 0 Å². The van der Waals surface area contributed by atoms with Crippen molar-refractivity contribution < 1.29 is 0 Å². The van der Waals surface area contributed by atoms with Crippen molar-refractivity contribution in [2.75, 3.05) is 6.54 Å². The van der Waals surface area contributed by atoms with Gasteiger partial charge in [0.15, 0.2) is 0 Å². The van der Waals surface area contributed by atoms with E-state index in [1.807, 2.05) is 22.6 Å². The van der Waals surface area contributed by atoms with Crippen LogP contribution in [0.2, 0.25) is 0 Å². The fourth-order valence-corrected chi connectivity index (χ4v) is 4.37. The summed E-state index contributed by atoms with van der Waals surface area (Å²) >= 11 is 2.03. The van der Waals surface area contributed by atoms with Crippen molar-refractivity contribution in [2.24, 2.45) is 0 Å². The Morgan fingerprint density at radius 1 is 1.38 bits per heavy atom. The van der Waals surface area contributed by atoms with Gasteiger partial charge in [-0.05, 0) is 43.5 Å². The second-order valence-corrected chi connectivity index (χ2v) is 6.82. The Balaban J connectivity index is 1.70. The zero-order valence-electron chi connectivity index (χ0n) is 12.7. The number of fused-ring (bicyclic) bond motifs is 1. The molecule has 0 saturated heterocycles. The van der Waals surface area contributed by atoms with Gasteiger partial charge in [-0.2, -0.15) is 5.10 Å². The van der Waals surface area contributed by atoms with Crippen molar-refractivity contribution in [2.45, 2.75) is 49.4 Å². The Morgan fingerprint density at radius 3 is 2.95 bits per heavy atom. The predicted octanol–water partition coefficient (Wildman–Crippen LogP) is 3.14. The second kappa shape index (κ2) is 6.67. The van der Waals surface area contributed by atoms with Crippen LogP contribution >= 0.6 is 11.8 Å². The van der Waals surface area contributed by atoms with E-state index in [1.54, 1.807) is 0 Å². The standard InChI is InChI=1S/C17H23N3S/c1-3-18-15(9-13-11-19-20(4-2)12-13)17-10-14-7-5-6-8-16(14)21-17/h5-8,11-12,15,17-18H,3-4,9-10H2,1-2H3. The smallest absolute Gasteiger partial charge is 0.0522 e. The minimum atomic E-state index is 0.502. The summed E-state index contributed by atoms with van der Waals surface area (Å²) < 4.78 is 2.01. The molecule has 3 nitrogen and oxygen atoms in total. The Labute approximate surface area is 131 Å². The van der Waals surface area contributed by atoms with Crippen LogP contribution in [-0.2, 0) is 19.4 Å². The van der Waals surface area contributed by atoms with Crippen molar-refractivity contribution in [1.82, 2.24) is 15.1 Å². The molecule has 2 heterocycles. The largest absolute Gasteiger partial charge is 0.313 e. The summed E-state index contributed by atoms with van der Waals surface area (Å²) in [6, 6.07) is 9.30. The Bertz CT molecular complexity index is 568. The van der Waals surface area contributed by atoms with Gasteiger partial charge in [-0.1, -0.05) is 25.1 Å². The van der Waals surface area contributed by atoms with E-state index >= 15 is 0 Å². The van der Waals surface area contributed by atoms with Crippen LogP contribution in [-0.4, -0.2) is 27.6 Å². The van der Waals surface area contributed by atoms with Gasteiger partial charge < -0.3 is 5.32 Å². The summed E-state index contributed by atoms with van der Waals surface area (Å²) in [7, 11) is 0. The molecule has 0 amide bonds. The predicted molar refractivity (Wildman–Crippen MR) is 88.9 cm³/mol. The van der Waals surface area contributed by atoms with Gasteiger partial charge in [0.05, 0.1) is 6.20 Å². The highest BCUT2D eigenvalue weighted by atomic mass is 32.2. The summed E-state index contributed by atoms with van der Waals surface area (Å²) in [5, 5.41) is 8.69. The zero-order valence-corrected chi connectivity index (χ0v) is 13.6. The van der Waals surface area contributed by atoms with E-state index in [0.717, 1.165) is 19.5 Å². The number of thioether (sulfide) groups is 1. The molecule has 2 atom stereocenters. The number of likely N-dealkylation sites (N-methyl/N-ethyl adjacent to an activating group) is 1. The minimum Gasteiger partial charge on any atom is -0.313 e. The number of hydrogen-bond donors (Lipinski definition) is 1. The van der Waals surface area contributed by atoms with E-state index in [1.165, 1.54) is 22.4 Å².